The Labute approximate surface area is 389 Å². The average molecular weight is 871 g/mol. The van der Waals surface area contributed by atoms with E-state index in [2.05, 4.69) is 264 Å². The van der Waals surface area contributed by atoms with Crippen LogP contribution in [0.15, 0.2) is 255 Å². The molecule has 67 heavy (non-hydrogen) atoms. The van der Waals surface area contributed by atoms with Crippen LogP contribution in [0.4, 0.5) is 0 Å². The van der Waals surface area contributed by atoms with E-state index >= 15 is 0 Å². The molecule has 0 atom stereocenters. The zero-order valence-corrected chi connectivity index (χ0v) is 37.5. The molecule has 0 saturated carbocycles. The molecule has 0 bridgehead atoms. The number of hydrogen-bond acceptors (Lipinski definition) is 2. The van der Waals surface area contributed by atoms with Crippen molar-refractivity contribution in [2.75, 3.05) is 0 Å². The number of rotatable bonds is 8. The van der Waals surface area contributed by atoms with Gasteiger partial charge in [0.15, 0.2) is 8.07 Å². The van der Waals surface area contributed by atoms with Crippen molar-refractivity contribution in [1.29, 1.82) is 0 Å². The largest absolute Gasteiger partial charge is 0.309 e. The molecule has 4 nitrogen and oxygen atoms in total. The third-order valence-corrected chi connectivity index (χ3v) is 18.4. The van der Waals surface area contributed by atoms with Crippen LogP contribution >= 0.6 is 0 Å². The van der Waals surface area contributed by atoms with Crippen molar-refractivity contribution in [3.8, 4) is 34.0 Å². The van der Waals surface area contributed by atoms with Gasteiger partial charge in [-0.05, 0) is 86.5 Å². The molecule has 5 heteroatoms. The molecule has 13 aromatic rings. The first kappa shape index (κ1) is 38.8. The normalized spacial score (nSPS) is 11.9. The Morgan fingerprint density at radius 3 is 1.31 bits per heavy atom. The van der Waals surface area contributed by atoms with Gasteiger partial charge in [-0.2, -0.15) is 0 Å². The Kier molecular flexibility index (Phi) is 9.15. The van der Waals surface area contributed by atoms with Crippen molar-refractivity contribution >= 4 is 83.3 Å². The minimum absolute atomic E-state index is 0.644. The summed E-state index contributed by atoms with van der Waals surface area (Å²) in [5, 5.41) is 11.1. The quantitative estimate of drug-likeness (QED) is 0.113. The zero-order valence-electron chi connectivity index (χ0n) is 36.5. The van der Waals surface area contributed by atoms with Crippen LogP contribution in [0.3, 0.4) is 0 Å². The molecule has 0 amide bonds. The van der Waals surface area contributed by atoms with Crippen LogP contribution in [0.25, 0.3) is 88.5 Å². The van der Waals surface area contributed by atoms with Gasteiger partial charge in [0.1, 0.15) is 0 Å². The maximum absolute atomic E-state index is 5.59. The van der Waals surface area contributed by atoms with Gasteiger partial charge in [-0.25, -0.2) is 9.97 Å². The lowest BCUT2D eigenvalue weighted by Crippen LogP contribution is -2.74. The van der Waals surface area contributed by atoms with Crippen LogP contribution in [-0.4, -0.2) is 27.2 Å². The fourth-order valence-corrected chi connectivity index (χ4v) is 15.5. The SMILES string of the molecule is c1ccc(-n2c3ccccc3c3cc(-c4ccc5c(c4)c4ccccc4n5-c4nc(-c5cccc([Si](c6ccccc6)(c6ccccc6)c6ccccc6)c5)c5ccccc5n4)ccc32)cc1. The Balaban J connectivity index is 0.990. The van der Waals surface area contributed by atoms with Crippen LogP contribution in [0.1, 0.15) is 0 Å². The van der Waals surface area contributed by atoms with Crippen molar-refractivity contribution in [1.82, 2.24) is 19.1 Å². The van der Waals surface area contributed by atoms with Crippen molar-refractivity contribution < 1.29 is 0 Å². The molecule has 3 heterocycles. The lowest BCUT2D eigenvalue weighted by molar-refractivity contribution is 1.01. The predicted octanol–water partition coefficient (Wildman–Crippen LogP) is 12.5. The summed E-state index contributed by atoms with van der Waals surface area (Å²) >= 11 is 0. The molecule has 0 fully saturated rings. The molecule has 13 rings (SSSR count). The van der Waals surface area contributed by atoms with Crippen molar-refractivity contribution in [2.24, 2.45) is 0 Å². The highest BCUT2D eigenvalue weighted by atomic mass is 28.3. The topological polar surface area (TPSA) is 35.6 Å². The molecule has 10 aromatic carbocycles. The Bertz CT molecular complexity index is 3880. The summed E-state index contributed by atoms with van der Waals surface area (Å²) in [6, 6.07) is 92.6. The van der Waals surface area contributed by atoms with E-state index < -0.39 is 8.07 Å². The first-order valence-electron chi connectivity index (χ1n) is 22.9. The van der Waals surface area contributed by atoms with Crippen molar-refractivity contribution in [3.05, 3.63) is 255 Å². The molecule has 0 aliphatic heterocycles. The van der Waals surface area contributed by atoms with Crippen LogP contribution in [-0.2, 0) is 0 Å². The fourth-order valence-electron chi connectivity index (χ4n) is 10.7. The minimum Gasteiger partial charge on any atom is -0.309 e. The summed E-state index contributed by atoms with van der Waals surface area (Å²) in [7, 11) is -2.80. The molecule has 0 unspecified atom stereocenters. The van der Waals surface area contributed by atoms with Crippen LogP contribution in [0, 0.1) is 0 Å². The van der Waals surface area contributed by atoms with Crippen LogP contribution in [0.5, 0.6) is 0 Å². The first-order valence-corrected chi connectivity index (χ1v) is 24.9. The number of nitrogens with zero attached hydrogens (tertiary/aromatic N) is 4. The van der Waals surface area contributed by atoms with Gasteiger partial charge in [-0.1, -0.05) is 200 Å². The van der Waals surface area contributed by atoms with E-state index in [4.69, 9.17) is 9.97 Å². The molecule has 0 aliphatic carbocycles. The van der Waals surface area contributed by atoms with Gasteiger partial charge in [0.05, 0.1) is 33.3 Å². The van der Waals surface area contributed by atoms with Gasteiger partial charge >= 0.3 is 0 Å². The monoisotopic (exact) mass is 870 g/mol. The molecule has 0 spiro atoms. The van der Waals surface area contributed by atoms with Crippen molar-refractivity contribution in [3.63, 3.8) is 0 Å². The highest BCUT2D eigenvalue weighted by molar-refractivity contribution is 7.19. The molecule has 0 aliphatic rings. The Morgan fingerprint density at radius 1 is 0.284 bits per heavy atom. The molecule has 0 N–H and O–H groups in total. The van der Waals surface area contributed by atoms with Gasteiger partial charge in [-0.15, -0.1) is 0 Å². The summed E-state index contributed by atoms with van der Waals surface area (Å²) in [5.74, 6) is 0.644. The summed E-state index contributed by atoms with van der Waals surface area (Å²) in [6.45, 7) is 0. The number of hydrogen-bond donors (Lipinski definition) is 0. The second-order valence-electron chi connectivity index (χ2n) is 17.3. The van der Waals surface area contributed by atoms with Gasteiger partial charge in [-0.3, -0.25) is 4.57 Å². The van der Waals surface area contributed by atoms with E-state index in [9.17, 15) is 0 Å². The molecule has 314 valence electrons. The van der Waals surface area contributed by atoms with Gasteiger partial charge in [0, 0.05) is 38.2 Å². The summed E-state index contributed by atoms with van der Waals surface area (Å²) in [4.78, 5) is 10.9. The van der Waals surface area contributed by atoms with E-state index in [-0.39, 0.29) is 0 Å². The lowest BCUT2D eigenvalue weighted by Gasteiger charge is -2.34. The van der Waals surface area contributed by atoms with Crippen molar-refractivity contribution in [2.45, 2.75) is 0 Å². The van der Waals surface area contributed by atoms with E-state index in [0.717, 1.165) is 55.2 Å². The summed E-state index contributed by atoms with van der Waals surface area (Å²) in [5.41, 5.74) is 10.9. The molecule has 0 radical (unpaired) electrons. The van der Waals surface area contributed by atoms with Gasteiger partial charge in [0.25, 0.3) is 0 Å². The predicted molar refractivity (Wildman–Crippen MR) is 283 cm³/mol. The minimum atomic E-state index is -2.80. The summed E-state index contributed by atoms with van der Waals surface area (Å²) in [6.07, 6.45) is 0. The smallest absolute Gasteiger partial charge is 0.235 e. The highest BCUT2D eigenvalue weighted by Gasteiger charge is 2.41. The summed E-state index contributed by atoms with van der Waals surface area (Å²) < 4.78 is 4.62. The molecular weight excluding hydrogens is 829 g/mol. The second kappa shape index (κ2) is 15.8. The third-order valence-electron chi connectivity index (χ3n) is 13.7. The van der Waals surface area contributed by atoms with E-state index in [1.165, 1.54) is 48.1 Å². The molecule has 0 saturated heterocycles. The standard InChI is InChI=1S/C62H42N4Si/c1-5-21-46(22-6-1)65-57-34-17-14-30-51(57)54-41-43(36-38-59(54)65)44-37-39-60-55(42-44)52-31-15-18-35-58(52)66(60)62-63-56-33-16-13-32-53(56)61(64-62)45-20-19-29-50(40-45)67(47-23-7-2-8-24-47,48-25-9-3-10-26-48)49-27-11-4-12-28-49/h1-42H. The van der Waals surface area contributed by atoms with Gasteiger partial charge < -0.3 is 4.57 Å². The third kappa shape index (κ3) is 6.20. The highest BCUT2D eigenvalue weighted by Crippen LogP contribution is 2.39. The lowest BCUT2D eigenvalue weighted by atomic mass is 10.0. The number of para-hydroxylation sites is 4. The molecular formula is C62H42N4Si. The zero-order chi connectivity index (χ0) is 44.3. The number of fused-ring (bicyclic) bond motifs is 7. The van der Waals surface area contributed by atoms with Crippen LogP contribution in [0.2, 0.25) is 0 Å². The number of benzene rings is 10. The Hall–Kier alpha value is -8.64. The second-order valence-corrected chi connectivity index (χ2v) is 21.1. The maximum atomic E-state index is 5.59. The van der Waals surface area contributed by atoms with E-state index in [0.29, 0.717) is 5.95 Å². The molecule has 3 aromatic heterocycles. The maximum Gasteiger partial charge on any atom is 0.235 e. The Morgan fingerprint density at radius 2 is 0.731 bits per heavy atom. The van der Waals surface area contributed by atoms with E-state index in [1.807, 2.05) is 0 Å². The first-order chi connectivity index (χ1) is 33.2. The number of aromatic nitrogens is 4. The van der Waals surface area contributed by atoms with E-state index in [1.54, 1.807) is 0 Å². The van der Waals surface area contributed by atoms with Crippen LogP contribution < -0.4 is 20.7 Å². The van der Waals surface area contributed by atoms with Gasteiger partial charge in [0.2, 0.25) is 5.95 Å². The average Bonchev–Trinajstić information content (AvgIpc) is 3.92. The fraction of sp³-hybridized carbons (Fsp3) is 0.